The zero-order valence-electron chi connectivity index (χ0n) is 5.01. The first-order chi connectivity index (χ1) is 2.94. The van der Waals surface area contributed by atoms with Crippen LogP contribution in [-0.2, 0) is 4.79 Å². The van der Waals surface area contributed by atoms with Crippen LogP contribution >= 0.6 is 0 Å². The standard InChI is InChI=1S/C4H8O3.Bi.3H/c1-4(2,7)3(5)6;;;;/h7H,1-2H3,(H,5,6);;;;. The normalized spacial score (nSPS) is 9.88. The van der Waals surface area contributed by atoms with E-state index in [1.54, 1.807) is 0 Å². The van der Waals surface area contributed by atoms with Gasteiger partial charge in [-0.1, -0.05) is 0 Å². The van der Waals surface area contributed by atoms with Crippen LogP contribution in [0.4, 0.5) is 0 Å². The number of hydrogen-bond acceptors (Lipinski definition) is 2. The van der Waals surface area contributed by atoms with Crippen molar-refractivity contribution in [2.24, 2.45) is 0 Å². The number of hydrogen-bond donors (Lipinski definition) is 2. The molecule has 0 atom stereocenters. The molecule has 0 radical (unpaired) electrons. The van der Waals surface area contributed by atoms with Crippen LogP contribution < -0.4 is 0 Å². The van der Waals surface area contributed by atoms with Crippen molar-refractivity contribution >= 4 is 32.2 Å². The van der Waals surface area contributed by atoms with Gasteiger partial charge in [-0.05, 0) is 13.8 Å². The molecule has 2 N–H and O–H groups in total. The molecule has 0 unspecified atom stereocenters. The molecular formula is C4H11BiO3. The SMILES string of the molecule is CC(C)(O)C(=O)O.[BiH3]. The van der Waals surface area contributed by atoms with Crippen LogP contribution in [0, 0.1) is 0 Å². The topological polar surface area (TPSA) is 57.5 Å². The third-order valence-corrected chi connectivity index (χ3v) is 0.523. The Bertz CT molecular complexity index is 83.8. The number of carbonyl (C=O) groups is 1. The van der Waals surface area contributed by atoms with Gasteiger partial charge >= 0.3 is 32.2 Å². The zero-order valence-corrected chi connectivity index (χ0v) is 10.5. The number of rotatable bonds is 1. The van der Waals surface area contributed by atoms with Crippen LogP contribution in [0.15, 0.2) is 0 Å². The Morgan fingerprint density at radius 2 is 1.62 bits per heavy atom. The molecule has 0 fully saturated rings. The Morgan fingerprint density at radius 3 is 1.62 bits per heavy atom. The molecule has 8 heavy (non-hydrogen) atoms. The Kier molecular flexibility index (Phi) is 4.69. The van der Waals surface area contributed by atoms with Crippen LogP contribution in [-0.4, -0.2) is 48.0 Å². The Balaban J connectivity index is 0. The van der Waals surface area contributed by atoms with E-state index >= 15 is 0 Å². The maximum atomic E-state index is 9.77. The summed E-state index contributed by atoms with van der Waals surface area (Å²) in [5.74, 6) is -1.20. The van der Waals surface area contributed by atoms with Crippen LogP contribution in [0.5, 0.6) is 0 Å². The minimum atomic E-state index is -1.58. The van der Waals surface area contributed by atoms with E-state index in [9.17, 15) is 4.79 Å². The van der Waals surface area contributed by atoms with Gasteiger partial charge < -0.3 is 10.2 Å². The van der Waals surface area contributed by atoms with Gasteiger partial charge in [0, 0.05) is 0 Å². The van der Waals surface area contributed by atoms with Gasteiger partial charge in [0.15, 0.2) is 5.60 Å². The van der Waals surface area contributed by atoms with E-state index < -0.39 is 11.6 Å². The molecule has 0 saturated heterocycles. The average molecular weight is 316 g/mol. The van der Waals surface area contributed by atoms with Crippen LogP contribution in [0.2, 0.25) is 0 Å². The van der Waals surface area contributed by atoms with Crippen molar-refractivity contribution in [2.75, 3.05) is 0 Å². The molecule has 0 aliphatic heterocycles. The molecule has 0 saturated carbocycles. The summed E-state index contributed by atoms with van der Waals surface area (Å²) in [5, 5.41) is 16.5. The molecule has 0 aliphatic carbocycles. The summed E-state index contributed by atoms with van der Waals surface area (Å²) in [6.45, 7) is 2.44. The second-order valence-corrected chi connectivity index (χ2v) is 1.86. The zero-order chi connectivity index (χ0) is 6.08. The molecule has 0 aromatic carbocycles. The molecule has 0 rings (SSSR count). The number of carboxylic acids is 1. The van der Waals surface area contributed by atoms with Crippen molar-refractivity contribution in [1.29, 1.82) is 0 Å². The molecule has 0 spiro atoms. The molecule has 0 amide bonds. The van der Waals surface area contributed by atoms with Gasteiger partial charge in [0.05, 0.1) is 0 Å². The summed E-state index contributed by atoms with van der Waals surface area (Å²) in [6, 6.07) is 0. The van der Waals surface area contributed by atoms with E-state index in [4.69, 9.17) is 10.2 Å². The summed E-state index contributed by atoms with van der Waals surface area (Å²) in [7, 11) is 0. The summed E-state index contributed by atoms with van der Waals surface area (Å²) < 4.78 is 0. The Labute approximate surface area is 66.8 Å². The molecule has 0 aromatic heterocycles. The van der Waals surface area contributed by atoms with E-state index in [-0.39, 0.29) is 26.2 Å². The van der Waals surface area contributed by atoms with Crippen molar-refractivity contribution in [3.8, 4) is 0 Å². The van der Waals surface area contributed by atoms with Crippen molar-refractivity contribution in [2.45, 2.75) is 19.4 Å². The van der Waals surface area contributed by atoms with Crippen molar-refractivity contribution < 1.29 is 15.0 Å². The van der Waals surface area contributed by atoms with Gasteiger partial charge in [-0.15, -0.1) is 0 Å². The second kappa shape index (κ2) is 3.36. The molecule has 0 aliphatic rings. The Hall–Kier alpha value is 0.313. The van der Waals surface area contributed by atoms with Crippen molar-refractivity contribution in [3.05, 3.63) is 0 Å². The molecule has 3 nitrogen and oxygen atoms in total. The summed E-state index contributed by atoms with van der Waals surface area (Å²) in [6.07, 6.45) is 0. The third-order valence-electron chi connectivity index (χ3n) is 0.523. The molecule has 0 aromatic rings. The third kappa shape index (κ3) is 4.47. The summed E-state index contributed by atoms with van der Waals surface area (Å²) in [5.41, 5.74) is -1.58. The predicted molar refractivity (Wildman–Crippen MR) is 33.9 cm³/mol. The Morgan fingerprint density at radius 1 is 1.50 bits per heavy atom. The van der Waals surface area contributed by atoms with Crippen molar-refractivity contribution in [3.63, 3.8) is 0 Å². The van der Waals surface area contributed by atoms with Gasteiger partial charge in [0.2, 0.25) is 0 Å². The predicted octanol–water partition coefficient (Wildman–Crippen LogP) is -1.34. The van der Waals surface area contributed by atoms with Gasteiger partial charge in [0.1, 0.15) is 0 Å². The van der Waals surface area contributed by atoms with E-state index in [0.29, 0.717) is 0 Å². The minimum absolute atomic E-state index is 0. The second-order valence-electron chi connectivity index (χ2n) is 1.86. The first-order valence-electron chi connectivity index (χ1n) is 1.90. The van der Waals surface area contributed by atoms with Crippen molar-refractivity contribution in [1.82, 2.24) is 0 Å². The van der Waals surface area contributed by atoms with Gasteiger partial charge in [-0.2, -0.15) is 0 Å². The first-order valence-corrected chi connectivity index (χ1v) is 1.90. The van der Waals surface area contributed by atoms with Crippen LogP contribution in [0.1, 0.15) is 13.8 Å². The van der Waals surface area contributed by atoms with Gasteiger partial charge in [-0.3, -0.25) is 0 Å². The fraction of sp³-hybridized carbons (Fsp3) is 0.750. The van der Waals surface area contributed by atoms with Gasteiger partial charge in [-0.25, -0.2) is 4.79 Å². The maximum absolute atomic E-state index is 9.77. The number of carboxylic acid groups (broad SMARTS) is 1. The van der Waals surface area contributed by atoms with Crippen LogP contribution in [0.25, 0.3) is 0 Å². The van der Waals surface area contributed by atoms with Crippen LogP contribution in [0.3, 0.4) is 0 Å². The fourth-order valence-corrected chi connectivity index (χ4v) is 0. The average Bonchev–Trinajstić information content (AvgIpc) is 1.31. The van der Waals surface area contributed by atoms with E-state index in [2.05, 4.69) is 0 Å². The molecule has 0 bridgehead atoms. The fourth-order valence-electron chi connectivity index (χ4n) is 0. The summed E-state index contributed by atoms with van der Waals surface area (Å²) in [4.78, 5) is 9.77. The number of aliphatic carboxylic acids is 1. The molecule has 4 heteroatoms. The number of aliphatic hydroxyl groups is 1. The molecular weight excluding hydrogens is 305 g/mol. The van der Waals surface area contributed by atoms with E-state index in [1.807, 2.05) is 0 Å². The first kappa shape index (κ1) is 11.2. The molecule has 50 valence electrons. The van der Waals surface area contributed by atoms with E-state index in [1.165, 1.54) is 13.8 Å². The summed E-state index contributed by atoms with van der Waals surface area (Å²) >= 11 is 0. The quantitative estimate of drug-likeness (QED) is 0.589. The van der Waals surface area contributed by atoms with E-state index in [0.717, 1.165) is 0 Å². The monoisotopic (exact) mass is 316 g/mol. The molecule has 0 heterocycles. The van der Waals surface area contributed by atoms with Gasteiger partial charge in [0.25, 0.3) is 0 Å².